The molecule has 7 heteroatoms. The van der Waals surface area contributed by atoms with Crippen LogP contribution >= 0.6 is 11.3 Å². The van der Waals surface area contributed by atoms with Crippen LogP contribution in [-0.2, 0) is 10.0 Å². The van der Waals surface area contributed by atoms with Crippen LogP contribution in [0.3, 0.4) is 0 Å². The molecule has 0 aromatic carbocycles. The number of hydrogen-bond acceptors (Lipinski definition) is 4. The van der Waals surface area contributed by atoms with E-state index in [2.05, 4.69) is 0 Å². The van der Waals surface area contributed by atoms with Crippen LogP contribution in [0.5, 0.6) is 0 Å². The Morgan fingerprint density at radius 1 is 1.37 bits per heavy atom. The molecule has 0 bridgehead atoms. The molecule has 2 rings (SSSR count). The van der Waals surface area contributed by atoms with Crippen molar-refractivity contribution in [3.05, 3.63) is 16.3 Å². The molecule has 0 saturated carbocycles. The third-order valence-electron chi connectivity index (χ3n) is 3.26. The van der Waals surface area contributed by atoms with Gasteiger partial charge in [0.25, 0.3) is 0 Å². The second-order valence-corrected chi connectivity index (χ2v) is 8.07. The average Bonchev–Trinajstić information content (AvgIpc) is 2.77. The van der Waals surface area contributed by atoms with Gasteiger partial charge < -0.3 is 5.11 Å². The van der Waals surface area contributed by atoms with Crippen molar-refractivity contribution in [3.63, 3.8) is 0 Å². The predicted octanol–water partition coefficient (Wildman–Crippen LogP) is 2.11. The number of hydrogen-bond donors (Lipinski definition) is 1. The number of sulfonamides is 1. The Bertz CT molecular complexity index is 568. The maximum Gasteiger partial charge on any atom is 0.345 e. The van der Waals surface area contributed by atoms with Gasteiger partial charge in [0.05, 0.1) is 4.90 Å². The first-order chi connectivity index (χ1) is 8.80. The molecule has 0 radical (unpaired) electrons. The van der Waals surface area contributed by atoms with Gasteiger partial charge in [-0.1, -0.05) is 13.8 Å². The summed E-state index contributed by atoms with van der Waals surface area (Å²) < 4.78 is 26.4. The van der Waals surface area contributed by atoms with E-state index in [1.54, 1.807) is 0 Å². The number of nitrogens with zero attached hydrogens (tertiary/aromatic N) is 1. The summed E-state index contributed by atoms with van der Waals surface area (Å²) in [6.45, 7) is 5.08. The molecule has 2 unspecified atom stereocenters. The van der Waals surface area contributed by atoms with Crippen LogP contribution in [0.2, 0.25) is 0 Å². The average molecular weight is 303 g/mol. The number of piperidine rings is 1. The number of carboxylic acids is 1. The van der Waals surface area contributed by atoms with Crippen LogP contribution < -0.4 is 0 Å². The van der Waals surface area contributed by atoms with Gasteiger partial charge in [0.15, 0.2) is 0 Å². The second kappa shape index (κ2) is 5.22. The molecule has 0 spiro atoms. The molecule has 1 aliphatic rings. The van der Waals surface area contributed by atoms with Crippen LogP contribution in [0.4, 0.5) is 0 Å². The summed E-state index contributed by atoms with van der Waals surface area (Å²) in [5, 5.41) is 10.3. The molecule has 19 heavy (non-hydrogen) atoms. The van der Waals surface area contributed by atoms with Gasteiger partial charge in [-0.3, -0.25) is 0 Å². The lowest BCUT2D eigenvalue weighted by atomic mass is 9.94. The van der Waals surface area contributed by atoms with Crippen molar-refractivity contribution >= 4 is 27.3 Å². The fourth-order valence-corrected chi connectivity index (χ4v) is 5.30. The quantitative estimate of drug-likeness (QED) is 0.928. The Balaban J connectivity index is 2.28. The molecular weight excluding hydrogens is 286 g/mol. The molecule has 2 heterocycles. The fraction of sp³-hybridized carbons (Fsp3) is 0.583. The van der Waals surface area contributed by atoms with Crippen LogP contribution in [0, 0.1) is 11.8 Å². The number of carboxylic acid groups (broad SMARTS) is 1. The zero-order valence-corrected chi connectivity index (χ0v) is 12.5. The summed E-state index contributed by atoms with van der Waals surface area (Å²) >= 11 is 0.945. The third-order valence-corrected chi connectivity index (χ3v) is 6.14. The van der Waals surface area contributed by atoms with Crippen molar-refractivity contribution in [2.24, 2.45) is 11.8 Å². The van der Waals surface area contributed by atoms with E-state index >= 15 is 0 Å². The number of aromatic carboxylic acids is 1. The molecule has 1 N–H and O–H groups in total. The van der Waals surface area contributed by atoms with Crippen LogP contribution in [0.25, 0.3) is 0 Å². The highest BCUT2D eigenvalue weighted by Crippen LogP contribution is 2.28. The summed E-state index contributed by atoms with van der Waals surface area (Å²) in [4.78, 5) is 11.0. The number of carbonyl (C=O) groups is 1. The highest BCUT2D eigenvalue weighted by Gasteiger charge is 2.32. The molecular formula is C12H17NO4S2. The van der Waals surface area contributed by atoms with Gasteiger partial charge in [0, 0.05) is 18.5 Å². The lowest BCUT2D eigenvalue weighted by Crippen LogP contribution is -2.42. The smallest absolute Gasteiger partial charge is 0.345 e. The molecule has 106 valence electrons. The largest absolute Gasteiger partial charge is 0.477 e. The first-order valence-corrected chi connectivity index (χ1v) is 8.44. The highest BCUT2D eigenvalue weighted by molar-refractivity contribution is 7.89. The van der Waals surface area contributed by atoms with Crippen molar-refractivity contribution in [1.82, 2.24) is 4.31 Å². The second-order valence-electron chi connectivity index (χ2n) is 5.22. The van der Waals surface area contributed by atoms with E-state index in [4.69, 9.17) is 5.11 Å². The lowest BCUT2D eigenvalue weighted by molar-refractivity contribution is 0.0702. The van der Waals surface area contributed by atoms with Crippen LogP contribution in [0.1, 0.15) is 29.9 Å². The Hall–Kier alpha value is -0.920. The number of thiophene rings is 1. The maximum absolute atomic E-state index is 12.5. The van der Waals surface area contributed by atoms with E-state index in [1.165, 1.54) is 15.8 Å². The normalized spacial score (nSPS) is 25.4. The third kappa shape index (κ3) is 2.98. The summed E-state index contributed by atoms with van der Waals surface area (Å²) in [6.07, 6.45) is 1.02. The molecule has 0 aliphatic carbocycles. The summed E-state index contributed by atoms with van der Waals surface area (Å²) in [5.74, 6) is -0.431. The van der Waals surface area contributed by atoms with Gasteiger partial charge in [-0.25, -0.2) is 13.2 Å². The topological polar surface area (TPSA) is 74.7 Å². The molecule has 1 fully saturated rings. The van der Waals surface area contributed by atoms with Crippen molar-refractivity contribution in [2.45, 2.75) is 25.2 Å². The molecule has 1 aromatic heterocycles. The Morgan fingerprint density at radius 2 is 1.95 bits per heavy atom. The van der Waals surface area contributed by atoms with E-state index in [9.17, 15) is 13.2 Å². The van der Waals surface area contributed by atoms with Gasteiger partial charge in [-0.05, 0) is 24.3 Å². The van der Waals surface area contributed by atoms with E-state index in [-0.39, 0.29) is 9.77 Å². The highest BCUT2D eigenvalue weighted by atomic mass is 32.2. The minimum atomic E-state index is -3.56. The van der Waals surface area contributed by atoms with Crippen molar-refractivity contribution < 1.29 is 18.3 Å². The molecule has 2 atom stereocenters. The van der Waals surface area contributed by atoms with Crippen LogP contribution in [-0.4, -0.2) is 36.9 Å². The lowest BCUT2D eigenvalue weighted by Gasteiger charge is -2.33. The van der Waals surface area contributed by atoms with Crippen LogP contribution in [0.15, 0.2) is 16.3 Å². The molecule has 0 amide bonds. The van der Waals surface area contributed by atoms with Gasteiger partial charge in [-0.15, -0.1) is 11.3 Å². The SMILES string of the molecule is CC1CC(C)CN(S(=O)(=O)c2csc(C(=O)O)c2)C1. The molecule has 1 aromatic rings. The van der Waals surface area contributed by atoms with E-state index in [1.807, 2.05) is 13.8 Å². The zero-order valence-electron chi connectivity index (χ0n) is 10.9. The van der Waals surface area contributed by atoms with E-state index < -0.39 is 16.0 Å². The van der Waals surface area contributed by atoms with Gasteiger partial charge in [0.1, 0.15) is 4.88 Å². The zero-order chi connectivity index (χ0) is 14.2. The first-order valence-electron chi connectivity index (χ1n) is 6.12. The Morgan fingerprint density at radius 3 is 2.42 bits per heavy atom. The Kier molecular flexibility index (Phi) is 3.98. The van der Waals surface area contributed by atoms with Crippen molar-refractivity contribution in [1.29, 1.82) is 0 Å². The Labute approximate surface area is 116 Å². The fourth-order valence-electron chi connectivity index (χ4n) is 2.52. The van der Waals surface area contributed by atoms with Crippen molar-refractivity contribution in [2.75, 3.05) is 13.1 Å². The van der Waals surface area contributed by atoms with E-state index in [0.29, 0.717) is 24.9 Å². The minimum absolute atomic E-state index is 0.0525. The van der Waals surface area contributed by atoms with Crippen molar-refractivity contribution in [3.8, 4) is 0 Å². The summed E-state index contributed by atoms with van der Waals surface area (Å²) in [5.41, 5.74) is 0. The number of rotatable bonds is 3. The minimum Gasteiger partial charge on any atom is -0.477 e. The maximum atomic E-state index is 12.5. The van der Waals surface area contributed by atoms with E-state index in [0.717, 1.165) is 17.8 Å². The standard InChI is InChI=1S/C12H17NO4S2/c1-8-3-9(2)6-13(5-8)19(16,17)10-4-11(12(14)15)18-7-10/h4,7-9H,3,5-6H2,1-2H3,(H,14,15). The van der Waals surface area contributed by atoms with Gasteiger partial charge in [-0.2, -0.15) is 4.31 Å². The molecule has 1 saturated heterocycles. The van der Waals surface area contributed by atoms with Gasteiger partial charge in [0.2, 0.25) is 10.0 Å². The first kappa shape index (κ1) is 14.5. The molecule has 5 nitrogen and oxygen atoms in total. The predicted molar refractivity (Wildman–Crippen MR) is 73.0 cm³/mol. The summed E-state index contributed by atoms with van der Waals surface area (Å²) in [6, 6.07) is 1.24. The van der Waals surface area contributed by atoms with Gasteiger partial charge >= 0.3 is 5.97 Å². The summed E-state index contributed by atoms with van der Waals surface area (Å²) in [7, 11) is -3.56. The molecule has 1 aliphatic heterocycles. The monoisotopic (exact) mass is 303 g/mol.